The van der Waals surface area contributed by atoms with Gasteiger partial charge in [0.2, 0.25) is 5.91 Å². The van der Waals surface area contributed by atoms with Crippen LogP contribution in [0.4, 0.5) is 5.69 Å². The van der Waals surface area contributed by atoms with Crippen LogP contribution in [0.2, 0.25) is 5.02 Å². The van der Waals surface area contributed by atoms with Gasteiger partial charge in [-0.05, 0) is 41.5 Å². The molecule has 2 aromatic rings. The number of rotatable bonds is 5. The first-order chi connectivity index (χ1) is 15.1. The Morgan fingerprint density at radius 2 is 1.84 bits per heavy atom. The molecule has 0 atom stereocenters. The lowest BCUT2D eigenvalue weighted by Gasteiger charge is -2.29. The third-order valence-corrected chi connectivity index (χ3v) is 5.63. The van der Waals surface area contributed by atoms with E-state index in [4.69, 9.17) is 25.8 Å². The van der Waals surface area contributed by atoms with Crippen molar-refractivity contribution >= 4 is 29.3 Å². The number of nitrogens with zero attached hydrogens (tertiary/aromatic N) is 2. The Morgan fingerprint density at radius 3 is 2.61 bits per heavy atom. The van der Waals surface area contributed by atoms with E-state index in [1.54, 1.807) is 30.2 Å². The van der Waals surface area contributed by atoms with Crippen LogP contribution in [0.5, 0.6) is 11.5 Å². The summed E-state index contributed by atoms with van der Waals surface area (Å²) in [7, 11) is 1.80. The Hall–Kier alpha value is -2.70. The van der Waals surface area contributed by atoms with Crippen LogP contribution in [0.1, 0.15) is 17.5 Å². The zero-order chi connectivity index (χ0) is 21.6. The van der Waals surface area contributed by atoms with Gasteiger partial charge in [0.15, 0.2) is 11.5 Å². The molecule has 2 aliphatic heterocycles. The third kappa shape index (κ3) is 5.51. The Morgan fingerprint density at radius 1 is 1.10 bits per heavy atom. The van der Waals surface area contributed by atoms with E-state index >= 15 is 0 Å². The summed E-state index contributed by atoms with van der Waals surface area (Å²) in [5.41, 5.74) is 3.07. The number of halogens is 1. The average Bonchev–Trinajstić information content (AvgIpc) is 3.04. The predicted molar refractivity (Wildman–Crippen MR) is 122 cm³/mol. The van der Waals surface area contributed by atoms with E-state index < -0.39 is 0 Å². The van der Waals surface area contributed by atoms with E-state index in [-0.39, 0.29) is 5.91 Å². The number of carbonyl (C=O) groups excluding carboxylic acids is 1. The van der Waals surface area contributed by atoms with Gasteiger partial charge in [-0.25, -0.2) is 0 Å². The molecule has 6 nitrogen and oxygen atoms in total. The number of benzene rings is 2. The molecule has 0 N–H and O–H groups in total. The Balaban J connectivity index is 1.36. The van der Waals surface area contributed by atoms with Crippen molar-refractivity contribution in [2.75, 3.05) is 51.5 Å². The van der Waals surface area contributed by atoms with Crippen LogP contribution in [0.3, 0.4) is 0 Å². The molecule has 0 bridgehead atoms. The molecular weight excluding hydrogens is 416 g/mol. The minimum Gasteiger partial charge on any atom is -0.489 e. The molecule has 7 heteroatoms. The minimum atomic E-state index is -0.0829. The number of likely N-dealkylation sites (N-methyl/N-ethyl adjacent to an activating group) is 1. The zero-order valence-electron chi connectivity index (χ0n) is 17.7. The summed E-state index contributed by atoms with van der Waals surface area (Å²) >= 11 is 6.33. The summed E-state index contributed by atoms with van der Waals surface area (Å²) in [6, 6.07) is 12.0. The van der Waals surface area contributed by atoms with Gasteiger partial charge in [-0.1, -0.05) is 23.7 Å². The predicted octanol–water partition coefficient (Wildman–Crippen LogP) is 4.01. The summed E-state index contributed by atoms with van der Waals surface area (Å²) in [5.74, 6) is 1.10. The highest BCUT2D eigenvalue weighted by Crippen LogP contribution is 2.38. The second-order valence-corrected chi connectivity index (χ2v) is 8.08. The standard InChI is InChI=1S/C24H27ClN2O4/c1-26(17-18-3-6-20(7-4-18)27-9-13-29-14-10-27)23(28)8-5-19-15-21(25)24-22(16-19)30-11-2-12-31-24/h3-8,15-16H,2,9-14,17H2,1H3. The van der Waals surface area contributed by atoms with Crippen molar-refractivity contribution in [1.29, 1.82) is 0 Å². The van der Waals surface area contributed by atoms with Crippen molar-refractivity contribution in [2.45, 2.75) is 13.0 Å². The fourth-order valence-electron chi connectivity index (χ4n) is 3.63. The molecule has 0 aliphatic carbocycles. The van der Waals surface area contributed by atoms with Crippen LogP contribution in [0, 0.1) is 0 Å². The highest BCUT2D eigenvalue weighted by Gasteiger charge is 2.15. The van der Waals surface area contributed by atoms with Crippen LogP contribution in [-0.4, -0.2) is 57.4 Å². The SMILES string of the molecule is CN(Cc1ccc(N2CCOCC2)cc1)C(=O)C=Cc1cc(Cl)c2c(c1)OCCCO2. The molecule has 1 fully saturated rings. The summed E-state index contributed by atoms with van der Waals surface area (Å²) in [5, 5.41) is 0.486. The molecule has 31 heavy (non-hydrogen) atoms. The molecule has 0 aromatic heterocycles. The fraction of sp³-hybridized carbons (Fsp3) is 0.375. The molecule has 2 heterocycles. The van der Waals surface area contributed by atoms with Gasteiger partial charge in [-0.15, -0.1) is 0 Å². The van der Waals surface area contributed by atoms with E-state index in [9.17, 15) is 4.79 Å². The summed E-state index contributed by atoms with van der Waals surface area (Å²) in [6.07, 6.45) is 4.12. The van der Waals surface area contributed by atoms with E-state index in [1.165, 1.54) is 5.69 Å². The number of amides is 1. The molecule has 0 spiro atoms. The molecule has 0 radical (unpaired) electrons. The summed E-state index contributed by atoms with van der Waals surface area (Å²) in [4.78, 5) is 16.6. The first-order valence-corrected chi connectivity index (χ1v) is 10.9. The maximum absolute atomic E-state index is 12.6. The first-order valence-electron chi connectivity index (χ1n) is 10.5. The highest BCUT2D eigenvalue weighted by molar-refractivity contribution is 6.32. The molecule has 1 saturated heterocycles. The molecule has 1 amide bonds. The van der Waals surface area contributed by atoms with E-state index in [1.807, 2.05) is 6.07 Å². The maximum Gasteiger partial charge on any atom is 0.246 e. The summed E-state index contributed by atoms with van der Waals surface area (Å²) < 4.78 is 16.8. The van der Waals surface area contributed by atoms with Gasteiger partial charge in [0.25, 0.3) is 0 Å². The largest absolute Gasteiger partial charge is 0.489 e. The highest BCUT2D eigenvalue weighted by atomic mass is 35.5. The third-order valence-electron chi connectivity index (χ3n) is 5.35. The number of hydrogen-bond acceptors (Lipinski definition) is 5. The molecule has 0 saturated carbocycles. The Kier molecular flexibility index (Phi) is 6.99. The van der Waals surface area contributed by atoms with Gasteiger partial charge < -0.3 is 24.0 Å². The van der Waals surface area contributed by atoms with Crippen LogP contribution in [0.15, 0.2) is 42.5 Å². The van der Waals surface area contributed by atoms with Crippen LogP contribution in [0.25, 0.3) is 6.08 Å². The van der Waals surface area contributed by atoms with E-state index in [2.05, 4.69) is 29.2 Å². The van der Waals surface area contributed by atoms with Crippen molar-refractivity contribution in [3.63, 3.8) is 0 Å². The number of anilines is 1. The Labute approximate surface area is 187 Å². The first kappa shape index (κ1) is 21.5. The lowest BCUT2D eigenvalue weighted by Crippen LogP contribution is -2.36. The maximum atomic E-state index is 12.6. The molecule has 2 aliphatic rings. The van der Waals surface area contributed by atoms with Gasteiger partial charge in [-0.3, -0.25) is 4.79 Å². The van der Waals surface area contributed by atoms with Crippen LogP contribution in [-0.2, 0) is 16.1 Å². The van der Waals surface area contributed by atoms with Gasteiger partial charge in [0, 0.05) is 44.9 Å². The fourth-order valence-corrected chi connectivity index (χ4v) is 3.90. The second kappa shape index (κ2) is 10.1. The van der Waals surface area contributed by atoms with Crippen LogP contribution < -0.4 is 14.4 Å². The van der Waals surface area contributed by atoms with Gasteiger partial charge in [-0.2, -0.15) is 0 Å². The lowest BCUT2D eigenvalue weighted by atomic mass is 10.1. The normalized spacial score (nSPS) is 16.3. The number of fused-ring (bicyclic) bond motifs is 1. The van der Waals surface area contributed by atoms with E-state index in [0.717, 1.165) is 43.9 Å². The van der Waals surface area contributed by atoms with Crippen LogP contribution >= 0.6 is 11.6 Å². The zero-order valence-corrected chi connectivity index (χ0v) is 18.4. The summed E-state index contributed by atoms with van der Waals surface area (Å²) in [6.45, 7) is 5.05. The van der Waals surface area contributed by atoms with Gasteiger partial charge in [0.05, 0.1) is 31.5 Å². The quantitative estimate of drug-likeness (QED) is 0.655. The molecule has 164 valence electrons. The molecule has 2 aromatic carbocycles. The van der Waals surface area contributed by atoms with Gasteiger partial charge in [0.1, 0.15) is 0 Å². The topological polar surface area (TPSA) is 51.2 Å². The number of morpholine rings is 1. The van der Waals surface area contributed by atoms with Crippen molar-refractivity contribution in [3.8, 4) is 11.5 Å². The monoisotopic (exact) mass is 442 g/mol. The number of hydrogen-bond donors (Lipinski definition) is 0. The smallest absolute Gasteiger partial charge is 0.246 e. The number of carbonyl (C=O) groups is 1. The minimum absolute atomic E-state index is 0.0829. The van der Waals surface area contributed by atoms with Crippen molar-refractivity contribution in [3.05, 3.63) is 58.6 Å². The van der Waals surface area contributed by atoms with Gasteiger partial charge >= 0.3 is 0 Å². The van der Waals surface area contributed by atoms with Crippen molar-refractivity contribution < 1.29 is 19.0 Å². The molecular formula is C24H27ClN2O4. The number of ether oxygens (including phenoxy) is 3. The second-order valence-electron chi connectivity index (χ2n) is 7.67. The molecule has 0 unspecified atom stereocenters. The molecule has 4 rings (SSSR count). The lowest BCUT2D eigenvalue weighted by molar-refractivity contribution is -0.125. The Bertz CT molecular complexity index is 939. The average molecular weight is 443 g/mol. The van der Waals surface area contributed by atoms with Crippen molar-refractivity contribution in [2.24, 2.45) is 0 Å². The van der Waals surface area contributed by atoms with E-state index in [0.29, 0.717) is 36.3 Å². The van der Waals surface area contributed by atoms with Crippen molar-refractivity contribution in [1.82, 2.24) is 4.90 Å².